The molecule has 35 heavy (non-hydrogen) atoms. The maximum atomic E-state index is 13.7. The van der Waals surface area contributed by atoms with E-state index in [4.69, 9.17) is 0 Å². The van der Waals surface area contributed by atoms with Crippen molar-refractivity contribution in [2.75, 3.05) is 36.4 Å². The van der Waals surface area contributed by atoms with Crippen LogP contribution in [-0.4, -0.2) is 47.9 Å². The summed E-state index contributed by atoms with van der Waals surface area (Å²) in [6.45, 7) is 2.28. The highest BCUT2D eigenvalue weighted by molar-refractivity contribution is 5.95. The van der Waals surface area contributed by atoms with Crippen LogP contribution >= 0.6 is 0 Å². The Morgan fingerprint density at radius 3 is 2.20 bits per heavy atom. The normalized spacial score (nSPS) is 13.3. The smallest absolute Gasteiger partial charge is 0.321 e. The summed E-state index contributed by atoms with van der Waals surface area (Å²) in [5.74, 6) is -0.715. The van der Waals surface area contributed by atoms with Gasteiger partial charge in [0.25, 0.3) is 11.6 Å². The van der Waals surface area contributed by atoms with Crippen LogP contribution in [0.25, 0.3) is 0 Å². The number of halogens is 1. The molecule has 1 aliphatic rings. The Morgan fingerprint density at radius 2 is 1.57 bits per heavy atom. The Balaban J connectivity index is 1.26. The van der Waals surface area contributed by atoms with Crippen molar-refractivity contribution in [1.29, 1.82) is 0 Å². The van der Waals surface area contributed by atoms with Crippen molar-refractivity contribution in [2.24, 2.45) is 0 Å². The number of anilines is 2. The maximum Gasteiger partial charge on any atom is 0.321 e. The van der Waals surface area contributed by atoms with Crippen LogP contribution in [0, 0.1) is 15.9 Å². The number of hydrogen-bond donors (Lipinski definition) is 2. The Kier molecular flexibility index (Phi) is 7.20. The number of urea groups is 1. The van der Waals surface area contributed by atoms with Gasteiger partial charge in [-0.1, -0.05) is 18.2 Å². The molecule has 1 aliphatic heterocycles. The van der Waals surface area contributed by atoms with Crippen molar-refractivity contribution in [1.82, 2.24) is 10.2 Å². The molecule has 0 bridgehead atoms. The zero-order valence-corrected chi connectivity index (χ0v) is 18.8. The number of carbonyl (C=O) groups is 2. The molecule has 180 valence electrons. The third-order valence-corrected chi connectivity index (χ3v) is 5.79. The van der Waals surface area contributed by atoms with Gasteiger partial charge in [-0.15, -0.1) is 0 Å². The Labute approximate surface area is 201 Å². The minimum absolute atomic E-state index is 0.0420. The Hall–Kier alpha value is -4.47. The third-order valence-electron chi connectivity index (χ3n) is 5.79. The zero-order chi connectivity index (χ0) is 24.8. The van der Waals surface area contributed by atoms with Gasteiger partial charge in [0.2, 0.25) is 0 Å². The predicted molar refractivity (Wildman–Crippen MR) is 130 cm³/mol. The van der Waals surface area contributed by atoms with Crippen LogP contribution in [0.3, 0.4) is 0 Å². The molecule has 0 aliphatic carbocycles. The quantitative estimate of drug-likeness (QED) is 0.412. The molecule has 0 spiro atoms. The van der Waals surface area contributed by atoms with Crippen LogP contribution in [-0.2, 0) is 6.54 Å². The highest BCUT2D eigenvalue weighted by atomic mass is 19.1. The van der Waals surface area contributed by atoms with Crippen molar-refractivity contribution in [3.8, 4) is 0 Å². The highest BCUT2D eigenvalue weighted by Crippen LogP contribution is 2.21. The molecule has 1 saturated heterocycles. The van der Waals surface area contributed by atoms with E-state index in [0.29, 0.717) is 43.0 Å². The number of nitro groups is 1. The number of rotatable bonds is 6. The fraction of sp³-hybridized carbons (Fsp3) is 0.200. The molecular formula is C25H24FN5O4. The maximum absolute atomic E-state index is 13.7. The second-order valence-electron chi connectivity index (χ2n) is 8.03. The Morgan fingerprint density at radius 1 is 0.914 bits per heavy atom. The van der Waals surface area contributed by atoms with Crippen molar-refractivity contribution in [2.45, 2.75) is 6.54 Å². The summed E-state index contributed by atoms with van der Waals surface area (Å²) >= 11 is 0. The van der Waals surface area contributed by atoms with E-state index in [1.54, 1.807) is 59.5 Å². The number of benzene rings is 3. The van der Waals surface area contributed by atoms with Crippen LogP contribution in [0.4, 0.5) is 26.2 Å². The van der Waals surface area contributed by atoms with Gasteiger partial charge in [-0.3, -0.25) is 14.9 Å². The summed E-state index contributed by atoms with van der Waals surface area (Å²) in [6.07, 6.45) is 0. The summed E-state index contributed by atoms with van der Waals surface area (Å²) < 4.78 is 13.7. The first-order valence-corrected chi connectivity index (χ1v) is 11.1. The van der Waals surface area contributed by atoms with Crippen LogP contribution in [0.15, 0.2) is 72.8 Å². The van der Waals surface area contributed by atoms with E-state index in [-0.39, 0.29) is 30.0 Å². The lowest BCUT2D eigenvalue weighted by atomic mass is 10.1. The zero-order valence-electron chi connectivity index (χ0n) is 18.8. The van der Waals surface area contributed by atoms with Gasteiger partial charge in [0.05, 0.1) is 4.92 Å². The summed E-state index contributed by atoms with van der Waals surface area (Å²) in [4.78, 5) is 39.1. The molecule has 0 saturated carbocycles. The van der Waals surface area contributed by atoms with Crippen LogP contribution < -0.4 is 15.5 Å². The number of hydrogen-bond acceptors (Lipinski definition) is 5. The number of carbonyl (C=O) groups excluding carboxylic acids is 2. The lowest BCUT2D eigenvalue weighted by Gasteiger charge is -2.36. The minimum Gasteiger partial charge on any atom is -0.368 e. The van der Waals surface area contributed by atoms with Gasteiger partial charge >= 0.3 is 6.03 Å². The van der Waals surface area contributed by atoms with Gasteiger partial charge in [0.15, 0.2) is 0 Å². The lowest BCUT2D eigenvalue weighted by molar-refractivity contribution is -0.384. The van der Waals surface area contributed by atoms with Crippen LogP contribution in [0.1, 0.15) is 15.9 Å². The molecule has 3 aromatic rings. The van der Waals surface area contributed by atoms with E-state index >= 15 is 0 Å². The predicted octanol–water partition coefficient (Wildman–Crippen LogP) is 4.02. The van der Waals surface area contributed by atoms with E-state index in [0.717, 1.165) is 5.69 Å². The first kappa shape index (κ1) is 23.7. The van der Waals surface area contributed by atoms with Crippen LogP contribution in [0.2, 0.25) is 0 Å². The standard InChI is InChI=1S/C25H24FN5O4/c26-23-4-2-1-3-19(23)17-27-24(32)18-5-7-20(8-6-18)28-25(33)30-15-13-29(14-16-30)21-9-11-22(12-10-21)31(34)35/h1-12H,13-17H2,(H,27,32)(H,28,33). The summed E-state index contributed by atoms with van der Waals surface area (Å²) in [5, 5.41) is 16.3. The second kappa shape index (κ2) is 10.6. The molecule has 0 atom stereocenters. The van der Waals surface area contributed by atoms with E-state index in [1.165, 1.54) is 18.2 Å². The summed E-state index contributed by atoms with van der Waals surface area (Å²) in [5.41, 5.74) is 2.27. The summed E-state index contributed by atoms with van der Waals surface area (Å²) in [6, 6.07) is 18.8. The summed E-state index contributed by atoms with van der Waals surface area (Å²) in [7, 11) is 0. The molecule has 0 aromatic heterocycles. The first-order valence-electron chi connectivity index (χ1n) is 11.1. The van der Waals surface area contributed by atoms with Gasteiger partial charge in [-0.05, 0) is 42.5 Å². The van der Waals surface area contributed by atoms with E-state index in [9.17, 15) is 24.1 Å². The SMILES string of the molecule is O=C(NCc1ccccc1F)c1ccc(NC(=O)N2CCN(c3ccc([N+](=O)[O-])cc3)CC2)cc1. The number of non-ortho nitro benzene ring substituents is 1. The molecule has 10 heteroatoms. The van der Waals surface area contributed by atoms with Gasteiger partial charge in [-0.25, -0.2) is 9.18 Å². The van der Waals surface area contributed by atoms with E-state index in [2.05, 4.69) is 15.5 Å². The van der Waals surface area contributed by atoms with Gasteiger partial charge in [-0.2, -0.15) is 0 Å². The number of piperazine rings is 1. The number of nitrogens with zero attached hydrogens (tertiary/aromatic N) is 3. The highest BCUT2D eigenvalue weighted by Gasteiger charge is 2.22. The minimum atomic E-state index is -0.434. The monoisotopic (exact) mass is 477 g/mol. The first-order chi connectivity index (χ1) is 16.9. The van der Waals surface area contributed by atoms with E-state index in [1.807, 2.05) is 0 Å². The molecule has 3 aromatic carbocycles. The Bertz CT molecular complexity index is 1210. The molecule has 0 unspecified atom stereocenters. The fourth-order valence-electron chi connectivity index (χ4n) is 3.78. The average molecular weight is 477 g/mol. The molecular weight excluding hydrogens is 453 g/mol. The topological polar surface area (TPSA) is 108 Å². The molecule has 9 nitrogen and oxygen atoms in total. The molecule has 3 amide bonds. The molecule has 0 radical (unpaired) electrons. The van der Waals surface area contributed by atoms with Gasteiger partial charge < -0.3 is 20.4 Å². The largest absolute Gasteiger partial charge is 0.368 e. The van der Waals surface area contributed by atoms with Crippen molar-refractivity contribution < 1.29 is 18.9 Å². The van der Waals surface area contributed by atoms with Crippen molar-refractivity contribution in [3.63, 3.8) is 0 Å². The third kappa shape index (κ3) is 5.91. The number of nitrogens with one attached hydrogen (secondary N) is 2. The molecule has 1 fully saturated rings. The van der Waals surface area contributed by atoms with Gasteiger partial charge in [0, 0.05) is 67.4 Å². The van der Waals surface area contributed by atoms with Gasteiger partial charge in [0.1, 0.15) is 5.82 Å². The van der Waals surface area contributed by atoms with Crippen LogP contribution in [0.5, 0.6) is 0 Å². The molecule has 1 heterocycles. The van der Waals surface area contributed by atoms with Crippen molar-refractivity contribution in [3.05, 3.63) is 99.9 Å². The lowest BCUT2D eigenvalue weighted by Crippen LogP contribution is -2.50. The fourth-order valence-corrected chi connectivity index (χ4v) is 3.78. The number of nitro benzene ring substituents is 1. The number of amides is 3. The molecule has 4 rings (SSSR count). The second-order valence-corrected chi connectivity index (χ2v) is 8.03. The van der Waals surface area contributed by atoms with E-state index < -0.39 is 4.92 Å². The average Bonchev–Trinajstić information content (AvgIpc) is 2.88. The van der Waals surface area contributed by atoms with Crippen molar-refractivity contribution >= 4 is 29.0 Å². The molecule has 2 N–H and O–H groups in total.